The highest BCUT2D eigenvalue weighted by atomic mass is 16.4. The molecule has 0 aromatic heterocycles. The molecule has 0 radical (unpaired) electrons. The van der Waals surface area contributed by atoms with Gasteiger partial charge in [-0.25, -0.2) is 9.59 Å². The number of rotatable bonds is 5. The first-order chi connectivity index (χ1) is 7.47. The Morgan fingerprint density at radius 2 is 2.06 bits per heavy atom. The Bertz CT molecular complexity index is 342. The number of nitrogens with two attached hydrogens (primary N) is 1. The van der Waals surface area contributed by atoms with E-state index < -0.39 is 30.4 Å². The molecule has 7 nitrogen and oxygen atoms in total. The van der Waals surface area contributed by atoms with Crippen LogP contribution in [0.3, 0.4) is 0 Å². The lowest BCUT2D eigenvalue weighted by atomic mass is 10.2. The maximum atomic E-state index is 11.1. The van der Waals surface area contributed by atoms with Crippen LogP contribution in [0.5, 0.6) is 0 Å². The van der Waals surface area contributed by atoms with Gasteiger partial charge in [-0.15, -0.1) is 5.92 Å². The Morgan fingerprint density at radius 1 is 1.44 bits per heavy atom. The van der Waals surface area contributed by atoms with Crippen LogP contribution in [-0.4, -0.2) is 35.6 Å². The number of amides is 3. The van der Waals surface area contributed by atoms with Gasteiger partial charge >= 0.3 is 12.0 Å². The van der Waals surface area contributed by atoms with Gasteiger partial charge in [0.2, 0.25) is 5.91 Å². The molecule has 16 heavy (non-hydrogen) atoms. The first-order valence-corrected chi connectivity index (χ1v) is 4.42. The molecule has 0 unspecified atom stereocenters. The molecule has 88 valence electrons. The predicted molar refractivity (Wildman–Crippen MR) is 55.2 cm³/mol. The lowest BCUT2D eigenvalue weighted by molar-refractivity contribution is -0.140. The molecular formula is C9H13N3O4. The van der Waals surface area contributed by atoms with Gasteiger partial charge in [0, 0.05) is 0 Å². The van der Waals surface area contributed by atoms with Crippen molar-refractivity contribution in [3.05, 3.63) is 0 Å². The molecule has 0 heterocycles. The third kappa shape index (κ3) is 6.26. The van der Waals surface area contributed by atoms with E-state index in [0.29, 0.717) is 0 Å². The van der Waals surface area contributed by atoms with Crippen LogP contribution in [0.15, 0.2) is 0 Å². The van der Waals surface area contributed by atoms with Gasteiger partial charge in [0.25, 0.3) is 0 Å². The van der Waals surface area contributed by atoms with E-state index in [1.165, 1.54) is 0 Å². The third-order valence-electron chi connectivity index (χ3n) is 1.52. The highest BCUT2D eigenvalue weighted by molar-refractivity contribution is 5.87. The monoisotopic (exact) mass is 227 g/mol. The van der Waals surface area contributed by atoms with Crippen molar-refractivity contribution in [2.45, 2.75) is 19.4 Å². The van der Waals surface area contributed by atoms with Crippen LogP contribution in [0.4, 0.5) is 4.79 Å². The van der Waals surface area contributed by atoms with Gasteiger partial charge in [0.15, 0.2) is 0 Å². The summed E-state index contributed by atoms with van der Waals surface area (Å²) in [6, 6.07) is -2.04. The van der Waals surface area contributed by atoms with E-state index in [4.69, 9.17) is 10.8 Å². The minimum Gasteiger partial charge on any atom is -0.480 e. The van der Waals surface area contributed by atoms with Crippen molar-refractivity contribution in [1.29, 1.82) is 0 Å². The van der Waals surface area contributed by atoms with Gasteiger partial charge in [0.05, 0.1) is 13.0 Å². The number of primary amides is 1. The number of carbonyl (C=O) groups excluding carboxylic acids is 2. The number of carboxylic acids is 1. The van der Waals surface area contributed by atoms with Crippen LogP contribution in [0.2, 0.25) is 0 Å². The number of carboxylic acid groups (broad SMARTS) is 1. The first-order valence-electron chi connectivity index (χ1n) is 4.42. The van der Waals surface area contributed by atoms with Crippen molar-refractivity contribution >= 4 is 17.9 Å². The molecule has 0 saturated heterocycles. The van der Waals surface area contributed by atoms with Crippen LogP contribution in [0, 0.1) is 11.8 Å². The number of aliphatic carboxylic acids is 1. The summed E-state index contributed by atoms with van der Waals surface area (Å²) in [5, 5.41) is 13.1. The Kier molecular flexibility index (Phi) is 6.12. The highest BCUT2D eigenvalue weighted by Crippen LogP contribution is 1.91. The van der Waals surface area contributed by atoms with Crippen molar-refractivity contribution in [3.8, 4) is 11.8 Å². The number of nitrogens with one attached hydrogen (secondary N) is 2. The summed E-state index contributed by atoms with van der Waals surface area (Å²) in [6.45, 7) is 1.71. The standard InChI is InChI=1S/C9H13N3O4/c1-2-3-4-11-9(16)12-6(8(14)15)5-7(10)13/h6H,4-5H2,1H3,(H2,10,13)(H,14,15)(H2,11,12,16)/t6-/m1/s1. The summed E-state index contributed by atoms with van der Waals surface area (Å²) >= 11 is 0. The zero-order valence-corrected chi connectivity index (χ0v) is 8.74. The Balaban J connectivity index is 4.16. The van der Waals surface area contributed by atoms with Crippen LogP contribution < -0.4 is 16.4 Å². The summed E-state index contributed by atoms with van der Waals surface area (Å²) in [7, 11) is 0. The van der Waals surface area contributed by atoms with Gasteiger partial charge in [-0.2, -0.15) is 0 Å². The van der Waals surface area contributed by atoms with Crippen molar-refractivity contribution < 1.29 is 19.5 Å². The number of hydrogen-bond donors (Lipinski definition) is 4. The number of hydrogen-bond acceptors (Lipinski definition) is 3. The molecule has 0 aromatic rings. The molecule has 0 spiro atoms. The maximum Gasteiger partial charge on any atom is 0.326 e. The van der Waals surface area contributed by atoms with E-state index in [0.717, 1.165) is 0 Å². The zero-order chi connectivity index (χ0) is 12.6. The molecule has 5 N–H and O–H groups in total. The second-order valence-electron chi connectivity index (χ2n) is 2.82. The lowest BCUT2D eigenvalue weighted by Crippen LogP contribution is -2.47. The van der Waals surface area contributed by atoms with Crippen LogP contribution in [0.25, 0.3) is 0 Å². The van der Waals surface area contributed by atoms with E-state index in [1.807, 2.05) is 0 Å². The summed E-state index contributed by atoms with van der Waals surface area (Å²) in [5.74, 6) is 2.98. The third-order valence-corrected chi connectivity index (χ3v) is 1.52. The van der Waals surface area contributed by atoms with Crippen molar-refractivity contribution in [2.24, 2.45) is 5.73 Å². The minimum absolute atomic E-state index is 0.102. The molecule has 0 aliphatic rings. The van der Waals surface area contributed by atoms with Gasteiger partial charge in [0.1, 0.15) is 6.04 Å². The van der Waals surface area contributed by atoms with E-state index >= 15 is 0 Å². The number of carbonyl (C=O) groups is 3. The minimum atomic E-state index is -1.33. The topological polar surface area (TPSA) is 122 Å². The summed E-state index contributed by atoms with van der Waals surface area (Å²) in [6.07, 6.45) is -0.456. The molecule has 0 fully saturated rings. The Hall–Kier alpha value is -2.23. The quantitative estimate of drug-likeness (QED) is 0.433. The van der Waals surface area contributed by atoms with E-state index in [9.17, 15) is 14.4 Å². The average molecular weight is 227 g/mol. The largest absolute Gasteiger partial charge is 0.480 e. The SMILES string of the molecule is CC#CCNC(=O)N[C@H](CC(N)=O)C(=O)O. The van der Waals surface area contributed by atoms with Crippen molar-refractivity contribution in [1.82, 2.24) is 10.6 Å². The molecule has 0 rings (SSSR count). The smallest absolute Gasteiger partial charge is 0.326 e. The molecule has 0 aliphatic carbocycles. The van der Waals surface area contributed by atoms with E-state index in [1.54, 1.807) is 6.92 Å². The molecule has 3 amide bonds. The second kappa shape index (κ2) is 7.11. The molecule has 0 bridgehead atoms. The van der Waals surface area contributed by atoms with Gasteiger partial charge in [-0.1, -0.05) is 5.92 Å². The van der Waals surface area contributed by atoms with E-state index in [2.05, 4.69) is 22.5 Å². The fourth-order valence-electron chi connectivity index (χ4n) is 0.823. The molecule has 0 saturated carbocycles. The number of urea groups is 1. The molecule has 0 aromatic carbocycles. The summed E-state index contributed by atoms with van der Waals surface area (Å²) in [4.78, 5) is 32.3. The van der Waals surface area contributed by atoms with E-state index in [-0.39, 0.29) is 6.54 Å². The Morgan fingerprint density at radius 3 is 2.50 bits per heavy atom. The molecular weight excluding hydrogens is 214 g/mol. The van der Waals surface area contributed by atoms with Gasteiger partial charge < -0.3 is 21.5 Å². The summed E-state index contributed by atoms with van der Waals surface area (Å²) in [5.41, 5.74) is 4.83. The normalized spacial score (nSPS) is 10.6. The highest BCUT2D eigenvalue weighted by Gasteiger charge is 2.21. The average Bonchev–Trinajstić information content (AvgIpc) is 2.16. The predicted octanol–water partition coefficient (Wildman–Crippen LogP) is -1.36. The lowest BCUT2D eigenvalue weighted by Gasteiger charge is -2.12. The summed E-state index contributed by atoms with van der Waals surface area (Å²) < 4.78 is 0. The molecule has 7 heteroatoms. The Labute approximate surface area is 92.4 Å². The first kappa shape index (κ1) is 13.8. The molecule has 1 atom stereocenters. The van der Waals surface area contributed by atoms with Crippen LogP contribution in [0.1, 0.15) is 13.3 Å². The second-order valence-corrected chi connectivity index (χ2v) is 2.82. The molecule has 0 aliphatic heterocycles. The van der Waals surface area contributed by atoms with Crippen molar-refractivity contribution in [2.75, 3.05) is 6.54 Å². The maximum absolute atomic E-state index is 11.1. The zero-order valence-electron chi connectivity index (χ0n) is 8.74. The van der Waals surface area contributed by atoms with Gasteiger partial charge in [-0.3, -0.25) is 4.79 Å². The van der Waals surface area contributed by atoms with Gasteiger partial charge in [-0.05, 0) is 6.92 Å². The fraction of sp³-hybridized carbons (Fsp3) is 0.444. The van der Waals surface area contributed by atoms with Crippen LogP contribution in [-0.2, 0) is 9.59 Å². The fourth-order valence-corrected chi connectivity index (χ4v) is 0.823. The van der Waals surface area contributed by atoms with Crippen molar-refractivity contribution in [3.63, 3.8) is 0 Å². The van der Waals surface area contributed by atoms with Crippen LogP contribution >= 0.6 is 0 Å².